The van der Waals surface area contributed by atoms with E-state index in [4.69, 9.17) is 0 Å². The van der Waals surface area contributed by atoms with Gasteiger partial charge < -0.3 is 0 Å². The first kappa shape index (κ1) is 5.83. The molecule has 0 aliphatic heterocycles. The number of rotatable bonds is 0. The van der Waals surface area contributed by atoms with Crippen LogP contribution >= 0.6 is 0 Å². The predicted octanol–water partition coefficient (Wildman–Crippen LogP) is 0.393. The van der Waals surface area contributed by atoms with E-state index in [0.717, 1.165) is 22.6 Å². The number of nitrogens with zero attached hydrogens (tertiary/aromatic N) is 1. The van der Waals surface area contributed by atoms with Crippen molar-refractivity contribution in [3.63, 3.8) is 0 Å². The molecule has 0 amide bonds. The van der Waals surface area contributed by atoms with Crippen LogP contribution in [0.2, 0.25) is 0 Å². The summed E-state index contributed by atoms with van der Waals surface area (Å²) in [5, 5.41) is 0. The van der Waals surface area contributed by atoms with Crippen molar-refractivity contribution in [1.82, 2.24) is 4.98 Å². The summed E-state index contributed by atoms with van der Waals surface area (Å²) in [5.41, 5.74) is 0. The molecule has 1 nitrogen and oxygen atoms in total. The second-order valence-electron chi connectivity index (χ2n) is 1.47. The number of halogens is 1. The molecule has 1 heterocycles. The molecule has 0 N–H and O–H groups in total. The third kappa shape index (κ3) is 1.34. The van der Waals surface area contributed by atoms with Crippen LogP contribution in [0.1, 0.15) is 0 Å². The number of hydrogen-bond donors (Lipinski definition) is 0. The number of aromatic nitrogens is 1. The minimum atomic E-state index is -0.262. The summed E-state index contributed by atoms with van der Waals surface area (Å²) in [7, 11) is 0. The second-order valence-corrected chi connectivity index (χ2v) is 2.99. The van der Waals surface area contributed by atoms with Gasteiger partial charge in [0.05, 0.1) is 0 Å². The quantitative estimate of drug-likeness (QED) is 0.502. The molecule has 0 aliphatic carbocycles. The summed E-state index contributed by atoms with van der Waals surface area (Å²) in [4.78, 5) is 3.76. The zero-order chi connectivity index (χ0) is 5.98. The molecule has 0 fully saturated rings. The average Bonchev–Trinajstić information content (AvgIpc) is 1.77. The number of hydrogen-bond acceptors (Lipinski definition) is 1. The van der Waals surface area contributed by atoms with E-state index in [9.17, 15) is 4.39 Å². The van der Waals surface area contributed by atoms with Gasteiger partial charge >= 0.3 is 56.1 Å². The molecule has 0 saturated carbocycles. The van der Waals surface area contributed by atoms with Gasteiger partial charge in [-0.3, -0.25) is 0 Å². The van der Waals surface area contributed by atoms with Gasteiger partial charge in [0.15, 0.2) is 0 Å². The molecule has 0 saturated heterocycles. The van der Waals surface area contributed by atoms with Crippen LogP contribution in [-0.2, 0) is 18.3 Å². The summed E-state index contributed by atoms with van der Waals surface area (Å²) in [6.45, 7) is 0. The Morgan fingerprint density at radius 1 is 1.50 bits per heavy atom. The van der Waals surface area contributed by atoms with Gasteiger partial charge in [0, 0.05) is 0 Å². The van der Waals surface area contributed by atoms with Gasteiger partial charge in [0.1, 0.15) is 0 Å². The first-order valence-corrected chi connectivity index (χ1v) is 3.71. The van der Waals surface area contributed by atoms with Crippen molar-refractivity contribution in [1.29, 1.82) is 0 Å². The van der Waals surface area contributed by atoms with Crippen LogP contribution < -0.4 is 4.29 Å². The Morgan fingerprint density at radius 3 is 2.62 bits per heavy atom. The Bertz CT molecular complexity index is 151. The van der Waals surface area contributed by atoms with Gasteiger partial charge in [0.2, 0.25) is 0 Å². The van der Waals surface area contributed by atoms with Gasteiger partial charge in [-0.2, -0.15) is 0 Å². The van der Waals surface area contributed by atoms with E-state index in [-0.39, 0.29) is 5.82 Å². The molecular formula is C5H3FNZn. The van der Waals surface area contributed by atoms with Gasteiger partial charge in [-0.15, -0.1) is 0 Å². The summed E-state index contributed by atoms with van der Waals surface area (Å²) in [5.74, 6) is -0.262. The molecule has 0 unspecified atom stereocenters. The van der Waals surface area contributed by atoms with Crippen LogP contribution in [0.4, 0.5) is 4.39 Å². The molecule has 1 rings (SSSR count). The summed E-state index contributed by atoms with van der Waals surface area (Å²) in [6, 6.07) is 3.11. The van der Waals surface area contributed by atoms with E-state index in [1.165, 1.54) is 12.3 Å². The Kier molecular flexibility index (Phi) is 1.69. The summed E-state index contributed by atoms with van der Waals surface area (Å²) < 4.78 is 13.0. The SMILES string of the molecule is Fc1cc[c]([Zn])nc1. The Balaban J connectivity index is 3.03. The zero-order valence-corrected chi connectivity index (χ0v) is 7.23. The monoisotopic (exact) mass is 160 g/mol. The van der Waals surface area contributed by atoms with E-state index in [0.29, 0.717) is 0 Å². The molecule has 1 aromatic rings. The zero-order valence-electron chi connectivity index (χ0n) is 4.26. The van der Waals surface area contributed by atoms with E-state index in [2.05, 4.69) is 4.98 Å². The number of pyridine rings is 1. The van der Waals surface area contributed by atoms with Crippen molar-refractivity contribution in [3.8, 4) is 0 Å². The van der Waals surface area contributed by atoms with Crippen LogP contribution in [-0.4, -0.2) is 4.98 Å². The predicted molar refractivity (Wildman–Crippen MR) is 23.8 cm³/mol. The van der Waals surface area contributed by atoms with Crippen LogP contribution in [0.3, 0.4) is 0 Å². The molecule has 0 aromatic carbocycles. The van der Waals surface area contributed by atoms with Crippen molar-refractivity contribution in [3.05, 3.63) is 24.1 Å². The average molecular weight is 161 g/mol. The molecule has 0 spiro atoms. The Labute approximate surface area is 56.6 Å². The molecule has 0 radical (unpaired) electrons. The van der Waals surface area contributed by atoms with Gasteiger partial charge in [-0.1, -0.05) is 0 Å². The van der Waals surface area contributed by atoms with E-state index in [1.807, 2.05) is 0 Å². The molecule has 1 aromatic heterocycles. The molecule has 0 atom stereocenters. The third-order valence-electron chi connectivity index (χ3n) is 0.789. The van der Waals surface area contributed by atoms with Gasteiger partial charge in [-0.05, 0) is 0 Å². The first-order valence-electron chi connectivity index (χ1n) is 2.22. The van der Waals surface area contributed by atoms with Gasteiger partial charge in [-0.25, -0.2) is 0 Å². The summed E-state index contributed by atoms with van der Waals surface area (Å²) >= 11 is 0.986. The van der Waals surface area contributed by atoms with Crippen molar-refractivity contribution in [2.75, 3.05) is 0 Å². The molecule has 0 aliphatic rings. The maximum absolute atomic E-state index is 12.0. The van der Waals surface area contributed by atoms with Crippen LogP contribution in [0, 0.1) is 5.82 Å². The van der Waals surface area contributed by atoms with Crippen molar-refractivity contribution in [2.24, 2.45) is 0 Å². The van der Waals surface area contributed by atoms with E-state index in [1.54, 1.807) is 6.07 Å². The van der Waals surface area contributed by atoms with Crippen molar-refractivity contribution >= 4 is 4.29 Å². The normalized spacial score (nSPS) is 9.38. The van der Waals surface area contributed by atoms with Crippen LogP contribution in [0.5, 0.6) is 0 Å². The Hall–Kier alpha value is -0.297. The fraction of sp³-hybridized carbons (Fsp3) is 0. The van der Waals surface area contributed by atoms with E-state index < -0.39 is 0 Å². The summed E-state index contributed by atoms with van der Waals surface area (Å²) in [6.07, 6.45) is 1.23. The first-order chi connectivity index (χ1) is 3.79. The molecule has 37 valence electrons. The fourth-order valence-corrected chi connectivity index (χ4v) is 0.845. The van der Waals surface area contributed by atoms with Crippen molar-refractivity contribution < 1.29 is 22.7 Å². The van der Waals surface area contributed by atoms with Crippen molar-refractivity contribution in [2.45, 2.75) is 0 Å². The second kappa shape index (κ2) is 2.32. The topological polar surface area (TPSA) is 12.9 Å². The molecule has 0 bridgehead atoms. The molecular weight excluding hydrogens is 158 g/mol. The maximum atomic E-state index is 12.0. The van der Waals surface area contributed by atoms with Crippen LogP contribution in [0.15, 0.2) is 18.3 Å². The third-order valence-corrected chi connectivity index (χ3v) is 1.67. The minimum absolute atomic E-state index is 0.262. The fourth-order valence-electron chi connectivity index (χ4n) is 0.406. The molecule has 8 heavy (non-hydrogen) atoms. The van der Waals surface area contributed by atoms with E-state index >= 15 is 0 Å². The standard InChI is InChI=1S/C5H3FN.Zn/c6-5-2-1-3-7-4-5;/h1-2,4H;. The molecule has 3 heteroatoms. The van der Waals surface area contributed by atoms with Gasteiger partial charge in [0.25, 0.3) is 0 Å². The Morgan fingerprint density at radius 2 is 2.25 bits per heavy atom. The van der Waals surface area contributed by atoms with Crippen LogP contribution in [0.25, 0.3) is 0 Å².